The normalized spacial score (nSPS) is 12.0. The van der Waals surface area contributed by atoms with Gasteiger partial charge in [0.05, 0.1) is 0 Å². The Balaban J connectivity index is 4.20. The zero-order valence-corrected chi connectivity index (χ0v) is 13.0. The first-order valence-electron chi connectivity index (χ1n) is 7.22. The Kier molecular flexibility index (Phi) is 11.3. The van der Waals surface area contributed by atoms with Crippen LogP contribution in [0.3, 0.4) is 0 Å². The van der Waals surface area contributed by atoms with Gasteiger partial charge < -0.3 is 14.6 Å². The van der Waals surface area contributed by atoms with Crippen molar-refractivity contribution in [1.82, 2.24) is 0 Å². The maximum Gasteiger partial charge on any atom is 0.338 e. The molecule has 0 bridgehead atoms. The van der Waals surface area contributed by atoms with Gasteiger partial charge in [-0.1, -0.05) is 32.6 Å². The van der Waals surface area contributed by atoms with Crippen molar-refractivity contribution in [1.29, 1.82) is 0 Å². The molecule has 0 aliphatic carbocycles. The summed E-state index contributed by atoms with van der Waals surface area (Å²) in [5.41, 5.74) is 5.62. The summed E-state index contributed by atoms with van der Waals surface area (Å²) < 4.78 is 12.0. The monoisotopic (exact) mass is 261 g/mol. The highest BCUT2D eigenvalue weighted by Crippen LogP contribution is 2.24. The van der Waals surface area contributed by atoms with Crippen LogP contribution in [0.25, 0.3) is 0 Å². The van der Waals surface area contributed by atoms with Crippen molar-refractivity contribution < 1.29 is 8.85 Å². The van der Waals surface area contributed by atoms with Gasteiger partial charge in [0.2, 0.25) is 0 Å². The second kappa shape index (κ2) is 11.2. The van der Waals surface area contributed by atoms with E-state index in [4.69, 9.17) is 14.6 Å². The van der Waals surface area contributed by atoms with E-state index in [-0.39, 0.29) is 0 Å². The van der Waals surface area contributed by atoms with Gasteiger partial charge in [-0.25, -0.2) is 0 Å². The lowest BCUT2D eigenvalue weighted by Gasteiger charge is -2.30. The van der Waals surface area contributed by atoms with Crippen LogP contribution in [0.5, 0.6) is 0 Å². The van der Waals surface area contributed by atoms with Gasteiger partial charge in [0.1, 0.15) is 0 Å². The molecule has 0 amide bonds. The van der Waals surface area contributed by atoms with Crippen molar-refractivity contribution in [2.45, 2.75) is 65.0 Å². The molecule has 0 unspecified atom stereocenters. The Hall–Kier alpha value is 0.0969. The molecule has 104 valence electrons. The topological polar surface area (TPSA) is 44.5 Å². The number of hydrogen-bond donors (Lipinski definition) is 1. The van der Waals surface area contributed by atoms with Crippen LogP contribution < -0.4 is 5.73 Å². The average molecular weight is 261 g/mol. The predicted molar refractivity (Wildman–Crippen MR) is 76.4 cm³/mol. The van der Waals surface area contributed by atoms with Crippen molar-refractivity contribution in [3.8, 4) is 0 Å². The molecular weight excluding hydrogens is 230 g/mol. The SMILES string of the molecule is CCCCCC[Si](CCCN)(OCC)OCC. The quantitative estimate of drug-likeness (QED) is 0.432. The van der Waals surface area contributed by atoms with Crippen LogP contribution in [0.15, 0.2) is 0 Å². The van der Waals surface area contributed by atoms with E-state index in [1.54, 1.807) is 0 Å². The zero-order chi connectivity index (χ0) is 13.0. The molecule has 0 saturated heterocycles. The minimum absolute atomic E-state index is 0.740. The van der Waals surface area contributed by atoms with Crippen LogP contribution in [-0.4, -0.2) is 28.3 Å². The lowest BCUT2D eigenvalue weighted by atomic mass is 10.2. The first-order valence-corrected chi connectivity index (χ1v) is 9.45. The van der Waals surface area contributed by atoms with Crippen LogP contribution in [-0.2, 0) is 8.85 Å². The van der Waals surface area contributed by atoms with Gasteiger partial charge in [0.25, 0.3) is 0 Å². The van der Waals surface area contributed by atoms with Crippen LogP contribution in [0.2, 0.25) is 12.1 Å². The Morgan fingerprint density at radius 1 is 0.824 bits per heavy atom. The Labute approximate surface area is 108 Å². The Bertz CT molecular complexity index is 161. The van der Waals surface area contributed by atoms with E-state index < -0.39 is 8.56 Å². The third-order valence-corrected chi connectivity index (χ3v) is 6.85. The first kappa shape index (κ1) is 17.1. The van der Waals surface area contributed by atoms with Gasteiger partial charge >= 0.3 is 8.56 Å². The highest BCUT2D eigenvalue weighted by molar-refractivity contribution is 6.67. The molecule has 3 nitrogen and oxygen atoms in total. The summed E-state index contributed by atoms with van der Waals surface area (Å²) in [4.78, 5) is 0. The van der Waals surface area contributed by atoms with Crippen LogP contribution >= 0.6 is 0 Å². The summed E-state index contributed by atoms with van der Waals surface area (Å²) in [6.45, 7) is 8.65. The number of rotatable bonds is 12. The fraction of sp³-hybridized carbons (Fsp3) is 1.00. The van der Waals surface area contributed by atoms with Crippen molar-refractivity contribution in [2.75, 3.05) is 19.8 Å². The van der Waals surface area contributed by atoms with E-state index in [1.807, 2.05) is 0 Å². The summed E-state index contributed by atoms with van der Waals surface area (Å²) >= 11 is 0. The lowest BCUT2D eigenvalue weighted by molar-refractivity contribution is 0.180. The molecule has 0 aromatic heterocycles. The largest absolute Gasteiger partial charge is 0.394 e. The number of hydrogen-bond acceptors (Lipinski definition) is 3. The van der Waals surface area contributed by atoms with Crippen molar-refractivity contribution in [2.24, 2.45) is 5.73 Å². The lowest BCUT2D eigenvalue weighted by Crippen LogP contribution is -2.42. The first-order chi connectivity index (χ1) is 8.24. The average Bonchev–Trinajstić information content (AvgIpc) is 2.33. The summed E-state index contributed by atoms with van der Waals surface area (Å²) in [7, 11) is -1.95. The van der Waals surface area contributed by atoms with E-state index in [0.717, 1.165) is 38.3 Å². The second-order valence-corrected chi connectivity index (χ2v) is 7.88. The maximum atomic E-state index is 6.01. The van der Waals surface area contributed by atoms with Gasteiger partial charge in [-0.3, -0.25) is 0 Å². The van der Waals surface area contributed by atoms with Crippen molar-refractivity contribution >= 4 is 8.56 Å². The minimum Gasteiger partial charge on any atom is -0.394 e. The molecule has 2 N–H and O–H groups in total. The fourth-order valence-electron chi connectivity index (χ4n) is 2.17. The molecule has 0 heterocycles. The maximum absolute atomic E-state index is 6.01. The van der Waals surface area contributed by atoms with Crippen molar-refractivity contribution in [3.63, 3.8) is 0 Å². The molecule has 0 aromatic carbocycles. The van der Waals surface area contributed by atoms with Gasteiger partial charge in [0, 0.05) is 13.2 Å². The highest BCUT2D eigenvalue weighted by Gasteiger charge is 2.35. The molecule has 4 heteroatoms. The second-order valence-electron chi connectivity index (χ2n) is 4.48. The van der Waals surface area contributed by atoms with Gasteiger partial charge in [-0.15, -0.1) is 0 Å². The smallest absolute Gasteiger partial charge is 0.338 e. The highest BCUT2D eigenvalue weighted by atomic mass is 28.4. The Morgan fingerprint density at radius 3 is 1.88 bits per heavy atom. The fourth-order valence-corrected chi connectivity index (χ4v) is 5.67. The molecule has 0 rings (SSSR count). The molecule has 0 radical (unpaired) electrons. The van der Waals surface area contributed by atoms with Gasteiger partial charge in [-0.05, 0) is 38.9 Å². The molecule has 0 fully saturated rings. The summed E-state index contributed by atoms with van der Waals surface area (Å²) in [6, 6.07) is 2.19. The third kappa shape index (κ3) is 7.92. The van der Waals surface area contributed by atoms with E-state index in [9.17, 15) is 0 Å². The molecule has 17 heavy (non-hydrogen) atoms. The molecule has 0 aromatic rings. The molecule has 0 spiro atoms. The minimum atomic E-state index is -1.95. The van der Waals surface area contributed by atoms with Gasteiger partial charge in [-0.2, -0.15) is 0 Å². The van der Waals surface area contributed by atoms with Crippen LogP contribution in [0.4, 0.5) is 0 Å². The molecule has 0 atom stereocenters. The van der Waals surface area contributed by atoms with Gasteiger partial charge in [0.15, 0.2) is 0 Å². The summed E-state index contributed by atoms with van der Waals surface area (Å²) in [6.07, 6.45) is 6.17. The summed E-state index contributed by atoms with van der Waals surface area (Å²) in [5, 5.41) is 0. The molecule has 0 saturated carbocycles. The molecule has 0 aliphatic rings. The van der Waals surface area contributed by atoms with E-state index >= 15 is 0 Å². The molecular formula is C13H31NO2Si. The number of unbranched alkanes of at least 4 members (excludes halogenated alkanes) is 3. The Morgan fingerprint density at radius 2 is 1.41 bits per heavy atom. The molecule has 0 aliphatic heterocycles. The zero-order valence-electron chi connectivity index (χ0n) is 12.0. The van der Waals surface area contributed by atoms with E-state index in [1.165, 1.54) is 25.7 Å². The third-order valence-electron chi connectivity index (χ3n) is 2.99. The standard InChI is InChI=1S/C13H31NO2Si/c1-4-7-8-9-12-17(15-5-2,16-6-3)13-10-11-14/h4-14H2,1-3H3. The van der Waals surface area contributed by atoms with Crippen LogP contribution in [0.1, 0.15) is 52.9 Å². The van der Waals surface area contributed by atoms with E-state index in [0.29, 0.717) is 0 Å². The van der Waals surface area contributed by atoms with Crippen LogP contribution in [0, 0.1) is 0 Å². The van der Waals surface area contributed by atoms with Crippen molar-refractivity contribution in [3.05, 3.63) is 0 Å². The number of nitrogens with two attached hydrogens (primary N) is 1. The van der Waals surface area contributed by atoms with E-state index in [2.05, 4.69) is 20.8 Å². The summed E-state index contributed by atoms with van der Waals surface area (Å²) in [5.74, 6) is 0. The predicted octanol–water partition coefficient (Wildman–Crippen LogP) is 3.43.